The molecule has 1 heterocycles. The maximum atomic E-state index is 12.3. The lowest BCUT2D eigenvalue weighted by Crippen LogP contribution is -2.25. The Kier molecular flexibility index (Phi) is 6.02. The van der Waals surface area contributed by atoms with Gasteiger partial charge in [0.15, 0.2) is 6.61 Å². The predicted molar refractivity (Wildman–Crippen MR) is 101 cm³/mol. The van der Waals surface area contributed by atoms with Crippen LogP contribution in [0.25, 0.3) is 0 Å². The molecule has 6 nitrogen and oxygen atoms in total. The summed E-state index contributed by atoms with van der Waals surface area (Å²) in [4.78, 5) is 12.3. The van der Waals surface area contributed by atoms with E-state index in [0.29, 0.717) is 29.8 Å². The van der Waals surface area contributed by atoms with Crippen LogP contribution in [0.5, 0.6) is 5.75 Å². The van der Waals surface area contributed by atoms with E-state index in [0.717, 1.165) is 0 Å². The van der Waals surface area contributed by atoms with E-state index in [2.05, 4.69) is 10.1 Å². The summed E-state index contributed by atoms with van der Waals surface area (Å²) in [6, 6.07) is 12.2. The lowest BCUT2D eigenvalue weighted by atomic mass is 10.1. The summed E-state index contributed by atoms with van der Waals surface area (Å²) in [5.41, 5.74) is 1.58. The zero-order valence-corrected chi connectivity index (χ0v) is 16.1. The highest BCUT2D eigenvalue weighted by molar-refractivity contribution is 7.93. The van der Waals surface area contributed by atoms with Gasteiger partial charge < -0.3 is 10.1 Å². The first-order chi connectivity index (χ1) is 13.6. The van der Waals surface area contributed by atoms with Gasteiger partial charge in [-0.2, -0.15) is 13.2 Å². The van der Waals surface area contributed by atoms with Crippen LogP contribution in [0, 0.1) is 0 Å². The molecule has 0 unspecified atom stereocenters. The van der Waals surface area contributed by atoms with Crippen molar-refractivity contribution in [1.29, 1.82) is 0 Å². The number of ether oxygens (including phenoxy) is 1. The first-order valence-electron chi connectivity index (χ1n) is 8.81. The molecule has 1 fully saturated rings. The molecule has 1 N–H and O–H groups in total. The molecule has 0 spiro atoms. The first kappa shape index (κ1) is 21.0. The van der Waals surface area contributed by atoms with E-state index in [1.165, 1.54) is 16.4 Å². The summed E-state index contributed by atoms with van der Waals surface area (Å²) >= 11 is 0. The summed E-state index contributed by atoms with van der Waals surface area (Å²) in [6.45, 7) is -0.755. The Balaban J connectivity index is 1.54. The van der Waals surface area contributed by atoms with Gasteiger partial charge in [-0.1, -0.05) is 12.1 Å². The van der Waals surface area contributed by atoms with Crippen LogP contribution in [0.3, 0.4) is 0 Å². The smallest absolute Gasteiger partial charge is 0.422 e. The number of hydrogen-bond acceptors (Lipinski definition) is 4. The minimum Gasteiger partial charge on any atom is -0.484 e. The molecule has 0 atom stereocenters. The maximum absolute atomic E-state index is 12.3. The number of anilines is 1. The zero-order valence-electron chi connectivity index (χ0n) is 15.3. The molecule has 0 saturated carbocycles. The lowest BCUT2D eigenvalue weighted by molar-refractivity contribution is -0.153. The van der Waals surface area contributed by atoms with Crippen molar-refractivity contribution < 1.29 is 31.1 Å². The van der Waals surface area contributed by atoms with Crippen LogP contribution in [0.4, 0.5) is 18.9 Å². The Bertz CT molecular complexity index is 958. The van der Waals surface area contributed by atoms with E-state index >= 15 is 0 Å². The number of rotatable bonds is 6. The molecule has 29 heavy (non-hydrogen) atoms. The Morgan fingerprint density at radius 3 is 2.28 bits per heavy atom. The van der Waals surface area contributed by atoms with Crippen molar-refractivity contribution in [2.45, 2.75) is 19.1 Å². The highest BCUT2D eigenvalue weighted by atomic mass is 32.2. The monoisotopic (exact) mass is 428 g/mol. The van der Waals surface area contributed by atoms with Crippen molar-refractivity contribution in [2.75, 3.05) is 23.2 Å². The molecule has 1 amide bonds. The average molecular weight is 428 g/mol. The normalized spacial score (nSPS) is 15.9. The SMILES string of the molecule is O=C(NCc1ccc(OCC(F)(F)F)cc1)c1ccc(N2CCCS2(=O)=O)cc1. The molecule has 1 aliphatic heterocycles. The molecule has 0 aliphatic carbocycles. The van der Waals surface area contributed by atoms with Crippen LogP contribution in [0.1, 0.15) is 22.3 Å². The van der Waals surface area contributed by atoms with Gasteiger partial charge in [0, 0.05) is 18.7 Å². The summed E-state index contributed by atoms with van der Waals surface area (Å²) in [6.07, 6.45) is -3.83. The Hall–Kier alpha value is -2.75. The minimum atomic E-state index is -4.40. The van der Waals surface area contributed by atoms with E-state index in [4.69, 9.17) is 0 Å². The molecule has 0 bridgehead atoms. The number of carbonyl (C=O) groups is 1. The fourth-order valence-electron chi connectivity index (χ4n) is 2.86. The van der Waals surface area contributed by atoms with Crippen molar-refractivity contribution in [1.82, 2.24) is 5.32 Å². The number of halogens is 3. The fraction of sp³-hybridized carbons (Fsp3) is 0.316. The molecule has 2 aromatic rings. The van der Waals surface area contributed by atoms with Gasteiger partial charge in [-0.05, 0) is 48.4 Å². The third-order valence-corrected chi connectivity index (χ3v) is 6.17. The van der Waals surface area contributed by atoms with Gasteiger partial charge in [-0.15, -0.1) is 0 Å². The number of benzene rings is 2. The second-order valence-electron chi connectivity index (χ2n) is 6.52. The first-order valence-corrected chi connectivity index (χ1v) is 10.4. The number of hydrogen-bond donors (Lipinski definition) is 1. The van der Waals surface area contributed by atoms with Crippen molar-refractivity contribution in [2.24, 2.45) is 0 Å². The second kappa shape index (κ2) is 8.32. The van der Waals surface area contributed by atoms with Gasteiger partial charge >= 0.3 is 6.18 Å². The van der Waals surface area contributed by atoms with Crippen LogP contribution in [0.15, 0.2) is 48.5 Å². The predicted octanol–water partition coefficient (Wildman–Crippen LogP) is 3.10. The van der Waals surface area contributed by atoms with E-state index in [9.17, 15) is 26.4 Å². The van der Waals surface area contributed by atoms with Crippen molar-refractivity contribution in [3.63, 3.8) is 0 Å². The maximum Gasteiger partial charge on any atom is 0.422 e. The van der Waals surface area contributed by atoms with E-state index in [-0.39, 0.29) is 24.0 Å². The number of nitrogens with zero attached hydrogens (tertiary/aromatic N) is 1. The van der Waals surface area contributed by atoms with Gasteiger partial charge in [0.2, 0.25) is 10.0 Å². The molecule has 0 radical (unpaired) electrons. The topological polar surface area (TPSA) is 75.7 Å². The second-order valence-corrected chi connectivity index (χ2v) is 8.53. The lowest BCUT2D eigenvalue weighted by Gasteiger charge is -2.17. The molecule has 0 aromatic heterocycles. The zero-order chi connectivity index (χ0) is 21.1. The van der Waals surface area contributed by atoms with Gasteiger partial charge in [0.25, 0.3) is 5.91 Å². The summed E-state index contributed by atoms with van der Waals surface area (Å²) < 4.78 is 66.2. The largest absolute Gasteiger partial charge is 0.484 e. The molecular formula is C19H19F3N2O4S. The summed E-state index contributed by atoms with van der Waals surface area (Å²) in [5.74, 6) is -0.141. The number of amides is 1. The van der Waals surface area contributed by atoms with Crippen LogP contribution in [-0.4, -0.2) is 39.4 Å². The fourth-order valence-corrected chi connectivity index (χ4v) is 4.43. The molecule has 10 heteroatoms. The van der Waals surface area contributed by atoms with Gasteiger partial charge in [-0.3, -0.25) is 9.10 Å². The Labute approximate surface area is 166 Å². The molecule has 1 aliphatic rings. The summed E-state index contributed by atoms with van der Waals surface area (Å²) in [5, 5.41) is 2.70. The van der Waals surface area contributed by atoms with Gasteiger partial charge in [0.1, 0.15) is 5.75 Å². The van der Waals surface area contributed by atoms with Gasteiger partial charge in [-0.25, -0.2) is 8.42 Å². The molecule has 3 rings (SSSR count). The number of sulfonamides is 1. The molecule has 156 valence electrons. The number of alkyl halides is 3. The Morgan fingerprint density at radius 2 is 1.72 bits per heavy atom. The van der Waals surface area contributed by atoms with Gasteiger partial charge in [0.05, 0.1) is 11.4 Å². The number of carbonyl (C=O) groups excluding carboxylic acids is 1. The van der Waals surface area contributed by atoms with Crippen molar-refractivity contribution >= 4 is 21.6 Å². The van der Waals surface area contributed by atoms with Crippen LogP contribution < -0.4 is 14.4 Å². The quantitative estimate of drug-likeness (QED) is 0.767. The Morgan fingerprint density at radius 1 is 1.07 bits per heavy atom. The average Bonchev–Trinajstić information content (AvgIpc) is 3.04. The van der Waals surface area contributed by atoms with E-state index < -0.39 is 22.8 Å². The number of nitrogens with one attached hydrogen (secondary N) is 1. The third-order valence-electron chi connectivity index (χ3n) is 4.30. The highest BCUT2D eigenvalue weighted by Gasteiger charge is 2.29. The molecule has 1 saturated heterocycles. The van der Waals surface area contributed by atoms with Crippen LogP contribution in [0.2, 0.25) is 0 Å². The summed E-state index contributed by atoms with van der Waals surface area (Å²) in [7, 11) is -3.28. The van der Waals surface area contributed by atoms with Crippen molar-refractivity contribution in [3.8, 4) is 5.75 Å². The molecular weight excluding hydrogens is 409 g/mol. The minimum absolute atomic E-state index is 0.0878. The van der Waals surface area contributed by atoms with E-state index in [1.54, 1.807) is 36.4 Å². The van der Waals surface area contributed by atoms with Crippen molar-refractivity contribution in [3.05, 3.63) is 59.7 Å². The highest BCUT2D eigenvalue weighted by Crippen LogP contribution is 2.24. The molecule has 2 aromatic carbocycles. The van der Waals surface area contributed by atoms with E-state index in [1.807, 2.05) is 0 Å². The van der Waals surface area contributed by atoms with Crippen LogP contribution >= 0.6 is 0 Å². The third kappa shape index (κ3) is 5.63. The standard InChI is InChI=1S/C19H19F3N2O4S/c20-19(21,22)13-28-17-8-2-14(3-9-17)12-23-18(25)15-4-6-16(7-5-15)24-10-1-11-29(24,26)27/h2-9H,1,10-13H2,(H,23,25). The van der Waals surface area contributed by atoms with Crippen LogP contribution in [-0.2, 0) is 16.6 Å².